The Balaban J connectivity index is 1.58. The van der Waals surface area contributed by atoms with Gasteiger partial charge in [-0.2, -0.15) is 26.3 Å². The largest absolute Gasteiger partial charge is 0.489 e. The van der Waals surface area contributed by atoms with E-state index in [1.165, 1.54) is 29.2 Å². The molecule has 56 heavy (non-hydrogen) atoms. The molecule has 0 radical (unpaired) electrons. The molecule has 1 aromatic heterocycles. The number of pyridine rings is 1. The van der Waals surface area contributed by atoms with Crippen molar-refractivity contribution in [2.45, 2.75) is 37.2 Å². The maximum Gasteiger partial charge on any atom is 0.417 e. The highest BCUT2D eigenvalue weighted by atomic mass is 19.4. The summed E-state index contributed by atoms with van der Waals surface area (Å²) >= 11 is 0. The fraction of sp³-hybridized carbons (Fsp3) is 0.375. The minimum absolute atomic E-state index is 0.0466. The van der Waals surface area contributed by atoms with Gasteiger partial charge in [0.15, 0.2) is 0 Å². The molecule has 2 amide bonds. The van der Waals surface area contributed by atoms with E-state index in [-0.39, 0.29) is 45.0 Å². The molecule has 9 nitrogen and oxygen atoms in total. The normalized spacial score (nSPS) is 17.3. The van der Waals surface area contributed by atoms with E-state index in [0.29, 0.717) is 29.7 Å². The summed E-state index contributed by atoms with van der Waals surface area (Å²) in [7, 11) is 3.34. The number of piperidine rings is 1. The second-order valence-electron chi connectivity index (χ2n) is 13.2. The Kier molecular flexibility index (Phi) is 13.1. The Morgan fingerprint density at radius 2 is 1.61 bits per heavy atom. The molecule has 0 spiro atoms. The van der Waals surface area contributed by atoms with E-state index in [9.17, 15) is 35.5 Å². The van der Waals surface area contributed by atoms with Gasteiger partial charge in [-0.25, -0.2) is 4.39 Å². The van der Waals surface area contributed by atoms with Gasteiger partial charge in [0.2, 0.25) is 5.60 Å². The molecule has 1 aliphatic rings. The summed E-state index contributed by atoms with van der Waals surface area (Å²) in [5, 5.41) is 0. The lowest BCUT2D eigenvalue weighted by molar-refractivity contribution is -0.155. The van der Waals surface area contributed by atoms with Crippen LogP contribution in [0.25, 0.3) is 0 Å². The molecular formula is C40H41F7N4O5. The third kappa shape index (κ3) is 9.52. The number of carbonyl (C=O) groups is 2. The van der Waals surface area contributed by atoms with Gasteiger partial charge in [-0.15, -0.1) is 0 Å². The average molecular weight is 791 g/mol. The number of alkyl halides is 6. The summed E-state index contributed by atoms with van der Waals surface area (Å²) in [5.74, 6) is -2.89. The average Bonchev–Trinajstić information content (AvgIpc) is 3.18. The molecule has 16 heteroatoms. The van der Waals surface area contributed by atoms with Crippen LogP contribution in [0.15, 0.2) is 91.3 Å². The van der Waals surface area contributed by atoms with Crippen molar-refractivity contribution in [1.82, 2.24) is 14.8 Å². The van der Waals surface area contributed by atoms with Crippen LogP contribution in [0.2, 0.25) is 0 Å². The summed E-state index contributed by atoms with van der Waals surface area (Å²) in [5.41, 5.74) is -3.98. The van der Waals surface area contributed by atoms with Gasteiger partial charge in [0.05, 0.1) is 35.5 Å². The number of nitrogens with zero attached hydrogens (tertiary/aromatic N) is 4. The summed E-state index contributed by atoms with van der Waals surface area (Å²) in [6.07, 6.45) is -7.95. The zero-order chi connectivity index (χ0) is 40.7. The number of para-hydroxylation sites is 2. The van der Waals surface area contributed by atoms with Crippen LogP contribution in [-0.4, -0.2) is 92.3 Å². The van der Waals surface area contributed by atoms with E-state index in [0.717, 1.165) is 41.6 Å². The van der Waals surface area contributed by atoms with Crippen molar-refractivity contribution in [3.8, 4) is 11.5 Å². The number of anilines is 1. The van der Waals surface area contributed by atoms with Crippen molar-refractivity contribution >= 4 is 17.5 Å². The molecule has 2 heterocycles. The van der Waals surface area contributed by atoms with Gasteiger partial charge in [0.1, 0.15) is 23.9 Å². The highest BCUT2D eigenvalue weighted by Crippen LogP contribution is 2.43. The lowest BCUT2D eigenvalue weighted by Crippen LogP contribution is -2.66. The van der Waals surface area contributed by atoms with Crippen LogP contribution in [0.4, 0.5) is 36.4 Å². The number of hydrogen-bond donors (Lipinski definition) is 0. The number of likely N-dealkylation sites (N-methyl/N-ethyl adjacent to an activating group) is 2. The maximum absolute atomic E-state index is 15.2. The molecular weight excluding hydrogens is 749 g/mol. The van der Waals surface area contributed by atoms with Crippen LogP contribution in [0.1, 0.15) is 46.3 Å². The van der Waals surface area contributed by atoms with Gasteiger partial charge in [-0.1, -0.05) is 24.3 Å². The zero-order valence-corrected chi connectivity index (χ0v) is 30.9. The number of hydrogen-bond acceptors (Lipinski definition) is 7. The lowest BCUT2D eigenvalue weighted by atomic mass is 9.75. The van der Waals surface area contributed by atoms with Crippen LogP contribution in [0, 0.1) is 5.82 Å². The molecule has 1 saturated heterocycles. The molecule has 300 valence electrons. The monoisotopic (exact) mass is 790 g/mol. The van der Waals surface area contributed by atoms with Gasteiger partial charge in [-0.05, 0) is 73.5 Å². The summed E-state index contributed by atoms with van der Waals surface area (Å²) in [6, 6.07) is 16.7. The van der Waals surface area contributed by atoms with Gasteiger partial charge in [-0.3, -0.25) is 14.6 Å². The molecule has 0 N–H and O–H groups in total. The molecule has 5 rings (SSSR count). The minimum atomic E-state index is -4.91. The van der Waals surface area contributed by atoms with Crippen LogP contribution in [0.3, 0.4) is 0 Å². The topological polar surface area (TPSA) is 84.4 Å². The number of amides is 2. The second-order valence-corrected chi connectivity index (χ2v) is 13.2. The van der Waals surface area contributed by atoms with Crippen molar-refractivity contribution in [1.29, 1.82) is 0 Å². The van der Waals surface area contributed by atoms with Crippen LogP contribution in [-0.2, 0) is 21.9 Å². The number of aromatic nitrogens is 1. The van der Waals surface area contributed by atoms with E-state index < -0.39 is 64.7 Å². The van der Waals surface area contributed by atoms with E-state index in [1.807, 2.05) is 17.0 Å². The van der Waals surface area contributed by atoms with Crippen LogP contribution >= 0.6 is 0 Å². The van der Waals surface area contributed by atoms with Gasteiger partial charge in [0.25, 0.3) is 11.8 Å². The molecule has 0 aliphatic carbocycles. The van der Waals surface area contributed by atoms with Crippen LogP contribution in [0.5, 0.6) is 11.5 Å². The highest BCUT2D eigenvalue weighted by molar-refractivity contribution is 5.97. The molecule has 1 fully saturated rings. The Labute approximate surface area is 319 Å². The molecule has 4 aromatic rings. The van der Waals surface area contributed by atoms with Crippen molar-refractivity contribution < 1.29 is 54.5 Å². The third-order valence-corrected chi connectivity index (χ3v) is 9.63. The molecule has 2 atom stereocenters. The van der Waals surface area contributed by atoms with Gasteiger partial charge in [0, 0.05) is 58.6 Å². The van der Waals surface area contributed by atoms with Crippen molar-refractivity contribution in [2.24, 2.45) is 0 Å². The first-order valence-corrected chi connectivity index (χ1v) is 17.7. The Bertz CT molecular complexity index is 1940. The third-order valence-electron chi connectivity index (χ3n) is 9.63. The molecule has 1 aliphatic heterocycles. The number of ether oxygens (including phenoxy) is 3. The number of benzene rings is 3. The lowest BCUT2D eigenvalue weighted by Gasteiger charge is -2.48. The zero-order valence-electron chi connectivity index (χ0n) is 30.9. The van der Waals surface area contributed by atoms with Gasteiger partial charge >= 0.3 is 12.4 Å². The maximum atomic E-state index is 15.2. The number of carbonyl (C=O) groups excluding carboxylic acids is 2. The first-order chi connectivity index (χ1) is 26.6. The Morgan fingerprint density at radius 3 is 2.25 bits per heavy atom. The molecule has 0 bridgehead atoms. The second kappa shape index (κ2) is 17.6. The molecule has 0 saturated carbocycles. The van der Waals surface area contributed by atoms with E-state index in [2.05, 4.69) is 4.98 Å². The molecule has 2 unspecified atom stereocenters. The van der Waals surface area contributed by atoms with Crippen molar-refractivity contribution in [2.75, 3.05) is 65.0 Å². The predicted octanol–water partition coefficient (Wildman–Crippen LogP) is 7.72. The van der Waals surface area contributed by atoms with E-state index >= 15 is 4.79 Å². The van der Waals surface area contributed by atoms with E-state index in [1.54, 1.807) is 33.2 Å². The summed E-state index contributed by atoms with van der Waals surface area (Å²) in [4.78, 5) is 37.3. The Morgan fingerprint density at radius 1 is 0.911 bits per heavy atom. The first-order valence-electron chi connectivity index (χ1n) is 17.7. The van der Waals surface area contributed by atoms with Crippen molar-refractivity contribution in [3.63, 3.8) is 0 Å². The standard InChI is InChI=1S/C40H41F7N4O5/c1-4-50(22-21-49(2)34-7-5-6-8-35(34)55-24-23-54-3)37(53)38(56-30-15-11-28(12-16-30)39(42,43)44)26-51(20-18-32(38)27-9-13-29(41)14-10-27)36(52)31-25-48-19-17-33(31)40(45,46)47/h5-17,19,25,32H,4,18,20-24,26H2,1-3H3. The minimum Gasteiger partial charge on any atom is -0.489 e. The fourth-order valence-electron chi connectivity index (χ4n) is 6.76. The summed E-state index contributed by atoms with van der Waals surface area (Å²) < 4.78 is 115. The smallest absolute Gasteiger partial charge is 0.417 e. The highest BCUT2D eigenvalue weighted by Gasteiger charge is 2.55. The summed E-state index contributed by atoms with van der Waals surface area (Å²) in [6.45, 7) is 2.00. The number of halogens is 7. The number of likely N-dealkylation sites (tertiary alicyclic amines) is 1. The van der Waals surface area contributed by atoms with Gasteiger partial charge < -0.3 is 28.9 Å². The SMILES string of the molecule is CCN(CCN(C)c1ccccc1OCCOC)C(=O)C1(Oc2ccc(C(F)(F)F)cc2)CN(C(=O)c2cnccc2C(F)(F)F)CCC1c1ccc(F)cc1. The number of rotatable bonds is 14. The van der Waals surface area contributed by atoms with Crippen molar-refractivity contribution in [3.05, 3.63) is 119 Å². The molecule has 3 aromatic carbocycles. The van der Waals surface area contributed by atoms with Crippen LogP contribution < -0.4 is 14.4 Å². The predicted molar refractivity (Wildman–Crippen MR) is 193 cm³/mol. The quantitative estimate of drug-likeness (QED) is 0.0956. The number of methoxy groups -OCH3 is 1. The fourth-order valence-corrected chi connectivity index (χ4v) is 6.76. The Hall–Kier alpha value is -5.38. The van der Waals surface area contributed by atoms with E-state index in [4.69, 9.17) is 14.2 Å². The first kappa shape index (κ1) is 41.8.